The van der Waals surface area contributed by atoms with Crippen LogP contribution in [0, 0.1) is 0 Å². The molecule has 32 heavy (non-hydrogen) atoms. The molecule has 8 heteroatoms. The van der Waals surface area contributed by atoms with Gasteiger partial charge in [-0.3, -0.25) is 5.14 Å². The third kappa shape index (κ3) is 7.07. The fourth-order valence-corrected chi connectivity index (χ4v) is 4.03. The average Bonchev–Trinajstić information content (AvgIpc) is 2.80. The Labute approximate surface area is 201 Å². The second kappa shape index (κ2) is 12.0. The molecule has 0 fully saturated rings. The van der Waals surface area contributed by atoms with E-state index in [4.69, 9.17) is 42.9 Å². The Morgan fingerprint density at radius 2 is 1.75 bits per heavy atom. The van der Waals surface area contributed by atoms with Crippen molar-refractivity contribution in [1.82, 2.24) is 0 Å². The van der Waals surface area contributed by atoms with Crippen molar-refractivity contribution in [3.8, 4) is 17.2 Å². The second-order valence-electron chi connectivity index (χ2n) is 7.05. The van der Waals surface area contributed by atoms with E-state index in [1.54, 1.807) is 36.4 Å². The number of aryl methyl sites for hydroxylation is 1. The lowest BCUT2D eigenvalue weighted by atomic mass is 9.91. The molecule has 0 bridgehead atoms. The van der Waals surface area contributed by atoms with Gasteiger partial charge in [0.2, 0.25) is 0 Å². The molecule has 3 aromatic carbocycles. The molecule has 168 valence electrons. The third-order valence-corrected chi connectivity index (χ3v) is 5.86. The van der Waals surface area contributed by atoms with Gasteiger partial charge in [0.15, 0.2) is 6.61 Å². The van der Waals surface area contributed by atoms with Crippen molar-refractivity contribution >= 4 is 41.1 Å². The predicted octanol–water partition coefficient (Wildman–Crippen LogP) is 6.78. The molecule has 0 atom stereocenters. The minimum atomic E-state index is -0.927. The number of hydrogen-bond donors (Lipinski definition) is 2. The fraction of sp³-hybridized carbons (Fsp3) is 0.208. The zero-order valence-corrected chi connectivity index (χ0v) is 19.6. The molecule has 1 aliphatic rings. The fourth-order valence-electron chi connectivity index (χ4n) is 3.29. The Bertz CT molecular complexity index is 1060. The number of hydrogen-bond acceptors (Lipinski definition) is 5. The summed E-state index contributed by atoms with van der Waals surface area (Å²) in [6, 6.07) is 18.4. The number of fused-ring (bicyclic) bond motifs is 1. The Morgan fingerprint density at radius 3 is 2.44 bits per heavy atom. The molecule has 5 nitrogen and oxygen atoms in total. The molecule has 0 radical (unpaired) electrons. The maximum atomic E-state index is 10.4. The Morgan fingerprint density at radius 1 is 1.00 bits per heavy atom. The molecule has 0 saturated carbocycles. The highest BCUT2D eigenvalue weighted by atomic mass is 35.5. The van der Waals surface area contributed by atoms with Crippen LogP contribution in [0.25, 0.3) is 0 Å². The zero-order chi connectivity index (χ0) is 22.9. The SMILES string of the molecule is NSc1ccc(Oc2ccc(Cl)cc2)c(Cl)c1.O=C(O)COc1cccc2c1CCCC2. The number of carboxylic acids is 1. The minimum Gasteiger partial charge on any atom is -0.482 e. The van der Waals surface area contributed by atoms with E-state index in [2.05, 4.69) is 6.07 Å². The van der Waals surface area contributed by atoms with E-state index >= 15 is 0 Å². The lowest BCUT2D eigenvalue weighted by molar-refractivity contribution is -0.139. The first-order chi connectivity index (χ1) is 15.5. The van der Waals surface area contributed by atoms with E-state index in [1.807, 2.05) is 18.2 Å². The van der Waals surface area contributed by atoms with Crippen LogP contribution in [0.1, 0.15) is 24.0 Å². The van der Waals surface area contributed by atoms with Crippen molar-refractivity contribution in [3.05, 3.63) is 81.8 Å². The maximum absolute atomic E-state index is 10.4. The van der Waals surface area contributed by atoms with Crippen LogP contribution in [0.15, 0.2) is 65.6 Å². The topological polar surface area (TPSA) is 81.8 Å². The van der Waals surface area contributed by atoms with Gasteiger partial charge >= 0.3 is 5.97 Å². The average molecular weight is 492 g/mol. The molecule has 0 aliphatic heterocycles. The summed E-state index contributed by atoms with van der Waals surface area (Å²) < 4.78 is 10.9. The van der Waals surface area contributed by atoms with Gasteiger partial charge in [-0.2, -0.15) is 0 Å². The predicted molar refractivity (Wildman–Crippen MR) is 129 cm³/mol. The van der Waals surface area contributed by atoms with Crippen molar-refractivity contribution in [1.29, 1.82) is 0 Å². The molecule has 3 aromatic rings. The smallest absolute Gasteiger partial charge is 0.341 e. The first kappa shape index (κ1) is 24.3. The number of aliphatic carboxylic acids is 1. The number of ether oxygens (including phenoxy) is 2. The van der Waals surface area contributed by atoms with Crippen molar-refractivity contribution in [2.24, 2.45) is 5.14 Å². The quantitative estimate of drug-likeness (QED) is 0.369. The van der Waals surface area contributed by atoms with Crippen LogP contribution < -0.4 is 14.6 Å². The highest BCUT2D eigenvalue weighted by molar-refractivity contribution is 7.97. The van der Waals surface area contributed by atoms with Gasteiger partial charge in [-0.15, -0.1) is 0 Å². The molecular formula is C24H23Cl2NO4S. The molecule has 0 amide bonds. The van der Waals surface area contributed by atoms with Crippen LogP contribution in [0.4, 0.5) is 0 Å². The van der Waals surface area contributed by atoms with Crippen LogP contribution >= 0.6 is 35.1 Å². The molecule has 4 rings (SSSR count). The largest absolute Gasteiger partial charge is 0.482 e. The van der Waals surface area contributed by atoms with E-state index in [0.29, 0.717) is 21.5 Å². The van der Waals surface area contributed by atoms with E-state index in [9.17, 15) is 4.79 Å². The van der Waals surface area contributed by atoms with E-state index in [0.717, 1.165) is 35.4 Å². The first-order valence-corrected chi connectivity index (χ1v) is 11.6. The molecule has 0 unspecified atom stereocenters. The van der Waals surface area contributed by atoms with Gasteiger partial charge in [-0.1, -0.05) is 35.3 Å². The van der Waals surface area contributed by atoms with Crippen LogP contribution in [0.2, 0.25) is 10.0 Å². The summed E-state index contributed by atoms with van der Waals surface area (Å²) in [5, 5.41) is 15.2. The molecule has 3 N–H and O–H groups in total. The molecule has 0 spiro atoms. The van der Waals surface area contributed by atoms with Crippen molar-refractivity contribution in [2.75, 3.05) is 6.61 Å². The van der Waals surface area contributed by atoms with Crippen LogP contribution in [-0.4, -0.2) is 17.7 Å². The number of carboxylic acid groups (broad SMARTS) is 1. The van der Waals surface area contributed by atoms with Gasteiger partial charge in [0.1, 0.15) is 17.2 Å². The van der Waals surface area contributed by atoms with E-state index < -0.39 is 5.97 Å². The van der Waals surface area contributed by atoms with Crippen molar-refractivity contribution < 1.29 is 19.4 Å². The monoisotopic (exact) mass is 491 g/mol. The molecule has 0 saturated heterocycles. The van der Waals surface area contributed by atoms with Gasteiger partial charge < -0.3 is 14.6 Å². The number of nitrogens with two attached hydrogens (primary N) is 1. The third-order valence-electron chi connectivity index (χ3n) is 4.78. The van der Waals surface area contributed by atoms with E-state index in [1.165, 1.54) is 24.0 Å². The second-order valence-corrected chi connectivity index (χ2v) is 8.60. The summed E-state index contributed by atoms with van der Waals surface area (Å²) in [4.78, 5) is 11.3. The molecule has 0 aromatic heterocycles. The summed E-state index contributed by atoms with van der Waals surface area (Å²) in [7, 11) is 0. The Kier molecular flexibility index (Phi) is 9.11. The standard InChI is InChI=1S/C12H9Cl2NOS.C12H14O3/c13-8-1-3-9(4-2-8)16-12-6-5-10(17-15)7-11(12)14;13-12(14)8-15-11-7-3-5-9-4-1-2-6-10(9)11/h1-7H,15H2;3,5,7H,1-2,4,6,8H2,(H,13,14). The zero-order valence-electron chi connectivity index (χ0n) is 17.2. The summed E-state index contributed by atoms with van der Waals surface area (Å²) in [6.45, 7) is -0.254. The van der Waals surface area contributed by atoms with Gasteiger partial charge in [0.25, 0.3) is 0 Å². The molecule has 1 aliphatic carbocycles. The minimum absolute atomic E-state index is 0.254. The van der Waals surface area contributed by atoms with Crippen LogP contribution in [-0.2, 0) is 17.6 Å². The number of benzene rings is 3. The summed E-state index contributed by atoms with van der Waals surface area (Å²) >= 11 is 13.0. The maximum Gasteiger partial charge on any atom is 0.341 e. The summed E-state index contributed by atoms with van der Waals surface area (Å²) in [5.74, 6) is 1.09. The van der Waals surface area contributed by atoms with Crippen LogP contribution in [0.3, 0.4) is 0 Å². The molecule has 0 heterocycles. The molecular weight excluding hydrogens is 469 g/mol. The number of halogens is 2. The summed E-state index contributed by atoms with van der Waals surface area (Å²) in [6.07, 6.45) is 4.47. The number of rotatable bonds is 6. The summed E-state index contributed by atoms with van der Waals surface area (Å²) in [5.41, 5.74) is 2.51. The van der Waals surface area contributed by atoms with Gasteiger partial charge in [-0.05, 0) is 97.3 Å². The highest BCUT2D eigenvalue weighted by Gasteiger charge is 2.14. The van der Waals surface area contributed by atoms with Gasteiger partial charge in [0.05, 0.1) is 5.02 Å². The normalized spacial score (nSPS) is 12.2. The lowest BCUT2D eigenvalue weighted by Gasteiger charge is -2.18. The highest BCUT2D eigenvalue weighted by Crippen LogP contribution is 2.32. The lowest BCUT2D eigenvalue weighted by Crippen LogP contribution is -2.12. The first-order valence-electron chi connectivity index (χ1n) is 10.0. The Hall–Kier alpha value is -2.38. The van der Waals surface area contributed by atoms with E-state index in [-0.39, 0.29) is 6.61 Å². The Balaban J connectivity index is 0.000000182. The van der Waals surface area contributed by atoms with Crippen molar-refractivity contribution in [3.63, 3.8) is 0 Å². The number of carbonyl (C=O) groups is 1. The van der Waals surface area contributed by atoms with Gasteiger partial charge in [-0.25, -0.2) is 4.79 Å². The van der Waals surface area contributed by atoms with Gasteiger partial charge in [0, 0.05) is 9.92 Å². The van der Waals surface area contributed by atoms with Crippen molar-refractivity contribution in [2.45, 2.75) is 30.6 Å². The van der Waals surface area contributed by atoms with Crippen LogP contribution in [0.5, 0.6) is 17.2 Å².